The van der Waals surface area contributed by atoms with Crippen LogP contribution in [0.15, 0.2) is 18.2 Å². The number of aliphatic hydroxyl groups is 1. The van der Waals surface area contributed by atoms with Crippen LogP contribution >= 0.6 is 0 Å². The van der Waals surface area contributed by atoms with E-state index in [1.807, 2.05) is 32.0 Å². The number of fused-ring (bicyclic) bond motifs is 1. The summed E-state index contributed by atoms with van der Waals surface area (Å²) < 4.78 is 5.69. The van der Waals surface area contributed by atoms with E-state index >= 15 is 0 Å². The van der Waals surface area contributed by atoms with Gasteiger partial charge in [-0.2, -0.15) is 0 Å². The van der Waals surface area contributed by atoms with Gasteiger partial charge in [-0.1, -0.05) is 13.8 Å². The minimum atomic E-state index is -0.564. The molecule has 2 rings (SSSR count). The number of ketones is 1. The van der Waals surface area contributed by atoms with Gasteiger partial charge in [-0.3, -0.25) is 4.79 Å². The molecule has 0 saturated heterocycles. The molecule has 0 radical (unpaired) electrons. The predicted octanol–water partition coefficient (Wildman–Crippen LogP) is 2.97. The van der Waals surface area contributed by atoms with Crippen LogP contribution in [0.1, 0.15) is 57.0 Å². The molecule has 0 heterocycles. The third kappa shape index (κ3) is 4.79. The number of aryl methyl sites for hydroxylation is 1. The van der Waals surface area contributed by atoms with Crippen molar-refractivity contribution in [1.29, 1.82) is 0 Å². The number of carbonyl (C=O) groups is 1. The largest absolute Gasteiger partial charge is 0.491 e. The normalized spacial score (nSPS) is 18.4. The Labute approximate surface area is 139 Å². The van der Waals surface area contributed by atoms with E-state index in [1.54, 1.807) is 0 Å². The van der Waals surface area contributed by atoms with E-state index in [2.05, 4.69) is 26.1 Å². The molecule has 1 aliphatic rings. The molecule has 1 aromatic rings. The SMILES string of the molecule is CC(C)(C)NC[C@H](O)COc1ccc2c(c1)CCC(C)(C)C2=O. The van der Waals surface area contributed by atoms with Gasteiger partial charge in [0.25, 0.3) is 0 Å². The lowest BCUT2D eigenvalue weighted by atomic mass is 9.73. The number of carbonyl (C=O) groups excluding carboxylic acids is 1. The zero-order valence-electron chi connectivity index (χ0n) is 14.9. The smallest absolute Gasteiger partial charge is 0.168 e. The Morgan fingerprint density at radius 1 is 1.35 bits per heavy atom. The van der Waals surface area contributed by atoms with Gasteiger partial charge in [-0.05, 0) is 57.4 Å². The number of benzene rings is 1. The van der Waals surface area contributed by atoms with Crippen LogP contribution in [-0.2, 0) is 6.42 Å². The predicted molar refractivity (Wildman–Crippen MR) is 92.1 cm³/mol. The highest BCUT2D eigenvalue weighted by atomic mass is 16.5. The average Bonchev–Trinajstić information content (AvgIpc) is 2.46. The molecule has 128 valence electrons. The molecule has 2 N–H and O–H groups in total. The van der Waals surface area contributed by atoms with E-state index in [-0.39, 0.29) is 23.3 Å². The summed E-state index contributed by atoms with van der Waals surface area (Å²) in [5.41, 5.74) is 1.56. The Balaban J connectivity index is 1.95. The third-order valence-electron chi connectivity index (χ3n) is 4.27. The van der Waals surface area contributed by atoms with Crippen molar-refractivity contribution in [2.24, 2.45) is 5.41 Å². The lowest BCUT2D eigenvalue weighted by Crippen LogP contribution is -2.42. The number of Topliss-reactive ketones (excluding diaryl/α,β-unsaturated/α-hetero) is 1. The molecule has 4 heteroatoms. The molecule has 0 aromatic heterocycles. The molecule has 0 saturated carbocycles. The van der Waals surface area contributed by atoms with E-state index < -0.39 is 6.10 Å². The lowest BCUT2D eigenvalue weighted by Gasteiger charge is -2.29. The highest BCUT2D eigenvalue weighted by Gasteiger charge is 2.34. The maximum absolute atomic E-state index is 12.4. The minimum Gasteiger partial charge on any atom is -0.491 e. The highest BCUT2D eigenvalue weighted by molar-refractivity contribution is 6.02. The van der Waals surface area contributed by atoms with E-state index in [4.69, 9.17) is 4.74 Å². The number of hydrogen-bond acceptors (Lipinski definition) is 4. The summed E-state index contributed by atoms with van der Waals surface area (Å²) in [6, 6.07) is 5.61. The topological polar surface area (TPSA) is 58.6 Å². The molecule has 0 fully saturated rings. The number of β-amino-alcohol motifs (C(OH)–C–C–N with tert-alkyl or cyclic N) is 1. The van der Waals surface area contributed by atoms with E-state index in [9.17, 15) is 9.90 Å². The summed E-state index contributed by atoms with van der Waals surface area (Å²) in [5, 5.41) is 13.2. The summed E-state index contributed by atoms with van der Waals surface area (Å²) in [7, 11) is 0. The van der Waals surface area contributed by atoms with Crippen LogP contribution in [0.3, 0.4) is 0 Å². The summed E-state index contributed by atoms with van der Waals surface area (Å²) in [4.78, 5) is 12.4. The first-order chi connectivity index (χ1) is 10.6. The van der Waals surface area contributed by atoms with Crippen LogP contribution in [0.25, 0.3) is 0 Å². The van der Waals surface area contributed by atoms with Gasteiger partial charge in [-0.15, -0.1) is 0 Å². The van der Waals surface area contributed by atoms with Crippen molar-refractivity contribution in [2.75, 3.05) is 13.2 Å². The molecule has 1 aliphatic carbocycles. The first-order valence-corrected chi connectivity index (χ1v) is 8.32. The first kappa shape index (κ1) is 18.0. The molecule has 23 heavy (non-hydrogen) atoms. The molecular formula is C19H29NO3. The van der Waals surface area contributed by atoms with Crippen molar-refractivity contribution in [3.05, 3.63) is 29.3 Å². The number of ether oxygens (including phenoxy) is 1. The van der Waals surface area contributed by atoms with Gasteiger partial charge in [-0.25, -0.2) is 0 Å². The molecule has 1 atom stereocenters. The first-order valence-electron chi connectivity index (χ1n) is 8.32. The number of nitrogens with one attached hydrogen (secondary N) is 1. The van der Waals surface area contributed by atoms with Crippen LogP contribution in [0.2, 0.25) is 0 Å². The fourth-order valence-corrected chi connectivity index (χ4v) is 2.69. The second-order valence-electron chi connectivity index (χ2n) is 8.13. The summed E-state index contributed by atoms with van der Waals surface area (Å²) in [5.74, 6) is 0.922. The molecule has 4 nitrogen and oxygen atoms in total. The molecule has 0 aliphatic heterocycles. The maximum atomic E-state index is 12.4. The van der Waals surface area contributed by atoms with Crippen LogP contribution in [0, 0.1) is 5.41 Å². The fourth-order valence-electron chi connectivity index (χ4n) is 2.69. The van der Waals surface area contributed by atoms with Gasteiger partial charge in [0.15, 0.2) is 5.78 Å². The second kappa shape index (κ2) is 6.62. The van der Waals surface area contributed by atoms with Crippen molar-refractivity contribution in [3.63, 3.8) is 0 Å². The Bertz CT molecular complexity index is 572. The monoisotopic (exact) mass is 319 g/mol. The molecule has 0 amide bonds. The molecule has 0 unspecified atom stereocenters. The second-order valence-corrected chi connectivity index (χ2v) is 8.13. The summed E-state index contributed by atoms with van der Waals surface area (Å²) in [6.07, 6.45) is 1.19. The van der Waals surface area contributed by atoms with Crippen molar-refractivity contribution in [1.82, 2.24) is 5.32 Å². The summed E-state index contributed by atoms with van der Waals surface area (Å²) in [6.45, 7) is 10.9. The van der Waals surface area contributed by atoms with Crippen molar-refractivity contribution < 1.29 is 14.6 Å². The molecule has 1 aromatic carbocycles. The Hall–Kier alpha value is -1.39. The number of hydrogen-bond donors (Lipinski definition) is 2. The Kier molecular flexibility index (Phi) is 5.17. The van der Waals surface area contributed by atoms with E-state index in [0.717, 1.165) is 24.0 Å². The molecule has 0 spiro atoms. The van der Waals surface area contributed by atoms with Crippen LogP contribution < -0.4 is 10.1 Å². The van der Waals surface area contributed by atoms with E-state index in [1.165, 1.54) is 0 Å². The Morgan fingerprint density at radius 3 is 2.70 bits per heavy atom. The molecular weight excluding hydrogens is 290 g/mol. The number of aliphatic hydroxyl groups excluding tert-OH is 1. The van der Waals surface area contributed by atoms with Gasteiger partial charge < -0.3 is 15.2 Å². The van der Waals surface area contributed by atoms with Crippen LogP contribution in [0.5, 0.6) is 5.75 Å². The van der Waals surface area contributed by atoms with Crippen molar-refractivity contribution in [3.8, 4) is 5.75 Å². The van der Waals surface area contributed by atoms with Gasteiger partial charge in [0.05, 0.1) is 0 Å². The highest BCUT2D eigenvalue weighted by Crippen LogP contribution is 2.36. The van der Waals surface area contributed by atoms with Gasteiger partial charge >= 0.3 is 0 Å². The van der Waals surface area contributed by atoms with E-state index in [0.29, 0.717) is 12.3 Å². The quantitative estimate of drug-likeness (QED) is 0.876. The average molecular weight is 319 g/mol. The fraction of sp³-hybridized carbons (Fsp3) is 0.632. The van der Waals surface area contributed by atoms with Crippen molar-refractivity contribution >= 4 is 5.78 Å². The van der Waals surface area contributed by atoms with Gasteiger partial charge in [0, 0.05) is 23.1 Å². The van der Waals surface area contributed by atoms with Gasteiger partial charge in [0.1, 0.15) is 18.5 Å². The van der Waals surface area contributed by atoms with Crippen LogP contribution in [0.4, 0.5) is 0 Å². The van der Waals surface area contributed by atoms with Gasteiger partial charge in [0.2, 0.25) is 0 Å². The standard InChI is InChI=1S/C19H29NO3/c1-18(2,3)20-11-14(21)12-23-15-6-7-16-13(10-15)8-9-19(4,5)17(16)22/h6-7,10,14,20-21H,8-9,11-12H2,1-5H3/t14-/m0/s1. The zero-order valence-corrected chi connectivity index (χ0v) is 14.9. The molecule has 0 bridgehead atoms. The Morgan fingerprint density at radius 2 is 2.04 bits per heavy atom. The third-order valence-corrected chi connectivity index (χ3v) is 4.27. The zero-order chi connectivity index (χ0) is 17.3. The maximum Gasteiger partial charge on any atom is 0.168 e. The van der Waals surface area contributed by atoms with Crippen molar-refractivity contribution in [2.45, 2.75) is 59.1 Å². The lowest BCUT2D eigenvalue weighted by molar-refractivity contribution is 0.0810. The minimum absolute atomic E-state index is 0.0278. The number of rotatable bonds is 5. The summed E-state index contributed by atoms with van der Waals surface area (Å²) >= 11 is 0. The van der Waals surface area contributed by atoms with Crippen LogP contribution in [-0.4, -0.2) is 35.7 Å².